The number of amides is 1. The summed E-state index contributed by atoms with van der Waals surface area (Å²) in [7, 11) is 0. The molecule has 1 aromatic carbocycles. The van der Waals surface area contributed by atoms with Gasteiger partial charge in [-0.3, -0.25) is 14.3 Å². The van der Waals surface area contributed by atoms with Crippen molar-refractivity contribution in [2.75, 3.05) is 31.1 Å². The molecule has 1 aliphatic heterocycles. The van der Waals surface area contributed by atoms with E-state index in [0.29, 0.717) is 24.7 Å². The smallest absolute Gasteiger partial charge is 0.227 e. The molecule has 0 saturated carbocycles. The molecule has 8 heteroatoms. The number of carbonyl (C=O) groups excluding carboxylic acids is 1. The third-order valence-corrected chi connectivity index (χ3v) is 5.12. The number of carbonyl (C=O) groups is 1. The van der Waals surface area contributed by atoms with Crippen molar-refractivity contribution in [2.24, 2.45) is 0 Å². The molecule has 1 fully saturated rings. The number of piperazine rings is 1. The molecule has 0 spiro atoms. The quantitative estimate of drug-likeness (QED) is 0.678. The summed E-state index contributed by atoms with van der Waals surface area (Å²) in [5.74, 6) is 1.66. The molecule has 0 aliphatic carbocycles. The van der Waals surface area contributed by atoms with E-state index in [4.69, 9.17) is 11.6 Å². The van der Waals surface area contributed by atoms with Crippen LogP contribution >= 0.6 is 11.6 Å². The number of anilines is 1. The molecule has 28 heavy (non-hydrogen) atoms. The van der Waals surface area contributed by atoms with Gasteiger partial charge >= 0.3 is 0 Å². The Morgan fingerprint density at radius 2 is 1.93 bits per heavy atom. The van der Waals surface area contributed by atoms with Crippen LogP contribution in [0.4, 0.5) is 5.95 Å². The molecule has 2 aromatic heterocycles. The number of rotatable bonds is 4. The summed E-state index contributed by atoms with van der Waals surface area (Å²) >= 11 is 6.18. The fraction of sp³-hybridized carbons (Fsp3) is 0.300. The second-order valence-electron chi connectivity index (χ2n) is 6.77. The number of benzene rings is 1. The van der Waals surface area contributed by atoms with Crippen molar-refractivity contribution in [3.63, 3.8) is 0 Å². The van der Waals surface area contributed by atoms with Crippen molar-refractivity contribution in [3.05, 3.63) is 59.4 Å². The molecule has 0 radical (unpaired) electrons. The van der Waals surface area contributed by atoms with Crippen molar-refractivity contribution < 1.29 is 4.79 Å². The van der Waals surface area contributed by atoms with Crippen LogP contribution in [0.15, 0.2) is 48.8 Å². The lowest BCUT2D eigenvalue weighted by Gasteiger charge is -2.34. The molecule has 0 N–H and O–H groups in total. The maximum atomic E-state index is 11.6. The van der Waals surface area contributed by atoms with E-state index < -0.39 is 0 Å². The molecular formula is C20H21ClN6O. The van der Waals surface area contributed by atoms with E-state index in [1.165, 1.54) is 0 Å². The van der Waals surface area contributed by atoms with Crippen molar-refractivity contribution in [1.82, 2.24) is 24.6 Å². The fourth-order valence-electron chi connectivity index (χ4n) is 3.42. The predicted octanol–water partition coefficient (Wildman–Crippen LogP) is 2.71. The van der Waals surface area contributed by atoms with Crippen LogP contribution in [0.3, 0.4) is 0 Å². The Kier molecular flexibility index (Phi) is 5.25. The van der Waals surface area contributed by atoms with E-state index >= 15 is 0 Å². The summed E-state index contributed by atoms with van der Waals surface area (Å²) in [5.41, 5.74) is 1.98. The standard InChI is InChI=1S/C20H21ClN6O/c1-15(28)25-8-10-26(11-9-25)20-24-23-19(17-5-3-7-22-13-17)27(20)14-16-4-2-6-18(21)12-16/h2-7,12-13H,8-11,14H2,1H3. The minimum absolute atomic E-state index is 0.107. The Balaban J connectivity index is 1.68. The van der Waals surface area contributed by atoms with Crippen LogP contribution < -0.4 is 4.90 Å². The lowest BCUT2D eigenvalue weighted by Crippen LogP contribution is -2.48. The van der Waals surface area contributed by atoms with E-state index in [9.17, 15) is 4.79 Å². The van der Waals surface area contributed by atoms with Gasteiger partial charge in [0.1, 0.15) is 0 Å². The summed E-state index contributed by atoms with van der Waals surface area (Å²) in [6, 6.07) is 11.7. The van der Waals surface area contributed by atoms with Crippen LogP contribution in [-0.4, -0.2) is 56.7 Å². The first-order chi connectivity index (χ1) is 13.6. The number of pyridine rings is 1. The summed E-state index contributed by atoms with van der Waals surface area (Å²) in [4.78, 5) is 19.9. The number of halogens is 1. The molecule has 3 heterocycles. The van der Waals surface area contributed by atoms with Gasteiger partial charge in [-0.25, -0.2) is 0 Å². The third kappa shape index (κ3) is 3.84. The molecule has 144 valence electrons. The maximum absolute atomic E-state index is 11.6. The zero-order chi connectivity index (χ0) is 19.5. The van der Waals surface area contributed by atoms with Crippen LogP contribution in [0.5, 0.6) is 0 Å². The Hall–Kier alpha value is -2.93. The van der Waals surface area contributed by atoms with Gasteiger partial charge in [-0.15, -0.1) is 10.2 Å². The van der Waals surface area contributed by atoms with Crippen LogP contribution in [0, 0.1) is 0 Å². The average Bonchev–Trinajstić information content (AvgIpc) is 3.12. The summed E-state index contributed by atoms with van der Waals surface area (Å²) < 4.78 is 2.09. The molecule has 0 unspecified atom stereocenters. The Labute approximate surface area is 168 Å². The first-order valence-electron chi connectivity index (χ1n) is 9.20. The number of nitrogens with zero attached hydrogens (tertiary/aromatic N) is 6. The van der Waals surface area contributed by atoms with Gasteiger partial charge in [-0.2, -0.15) is 0 Å². The van der Waals surface area contributed by atoms with Gasteiger partial charge in [-0.1, -0.05) is 23.7 Å². The van der Waals surface area contributed by atoms with Crippen LogP contribution in [-0.2, 0) is 11.3 Å². The van der Waals surface area contributed by atoms with Gasteiger partial charge in [-0.05, 0) is 29.8 Å². The van der Waals surface area contributed by atoms with Crippen LogP contribution in [0.1, 0.15) is 12.5 Å². The molecule has 3 aromatic rings. The monoisotopic (exact) mass is 396 g/mol. The van der Waals surface area contributed by atoms with Crippen LogP contribution in [0.25, 0.3) is 11.4 Å². The van der Waals surface area contributed by atoms with Crippen molar-refractivity contribution in [3.8, 4) is 11.4 Å². The second-order valence-corrected chi connectivity index (χ2v) is 7.21. The Bertz CT molecular complexity index is 966. The third-order valence-electron chi connectivity index (χ3n) is 4.89. The average molecular weight is 397 g/mol. The van der Waals surface area contributed by atoms with Crippen molar-refractivity contribution >= 4 is 23.5 Å². The molecule has 0 atom stereocenters. The van der Waals surface area contributed by atoms with E-state index in [1.54, 1.807) is 19.3 Å². The van der Waals surface area contributed by atoms with Crippen LogP contribution in [0.2, 0.25) is 5.02 Å². The molecule has 1 amide bonds. The number of hydrogen-bond acceptors (Lipinski definition) is 5. The predicted molar refractivity (Wildman–Crippen MR) is 108 cm³/mol. The highest BCUT2D eigenvalue weighted by Gasteiger charge is 2.24. The maximum Gasteiger partial charge on any atom is 0.227 e. The zero-order valence-corrected chi connectivity index (χ0v) is 16.4. The largest absolute Gasteiger partial charge is 0.339 e. The molecule has 7 nitrogen and oxygen atoms in total. The van der Waals surface area contributed by atoms with Gasteiger partial charge in [0.2, 0.25) is 11.9 Å². The molecule has 4 rings (SSSR count). The zero-order valence-electron chi connectivity index (χ0n) is 15.6. The van der Waals surface area contributed by atoms with E-state index in [-0.39, 0.29) is 5.91 Å². The molecule has 0 bridgehead atoms. The highest BCUT2D eigenvalue weighted by molar-refractivity contribution is 6.30. The Morgan fingerprint density at radius 3 is 2.61 bits per heavy atom. The normalized spacial score (nSPS) is 14.4. The molecule has 1 saturated heterocycles. The fourth-order valence-corrected chi connectivity index (χ4v) is 3.64. The number of hydrogen-bond donors (Lipinski definition) is 0. The van der Waals surface area contributed by atoms with Crippen molar-refractivity contribution in [2.45, 2.75) is 13.5 Å². The van der Waals surface area contributed by atoms with Gasteiger partial charge in [0.05, 0.1) is 6.54 Å². The lowest BCUT2D eigenvalue weighted by atomic mass is 10.2. The minimum Gasteiger partial charge on any atom is -0.339 e. The first kappa shape index (κ1) is 18.4. The van der Waals surface area contributed by atoms with E-state index in [1.807, 2.05) is 41.3 Å². The summed E-state index contributed by atoms with van der Waals surface area (Å²) in [6.45, 7) is 5.02. The second kappa shape index (κ2) is 7.98. The molecule has 1 aliphatic rings. The summed E-state index contributed by atoms with van der Waals surface area (Å²) in [5, 5.41) is 9.63. The topological polar surface area (TPSA) is 67.2 Å². The number of aromatic nitrogens is 4. The van der Waals surface area contributed by atoms with Gasteiger partial charge in [0, 0.05) is 56.1 Å². The van der Waals surface area contributed by atoms with E-state index in [0.717, 1.165) is 36.0 Å². The Morgan fingerprint density at radius 1 is 1.11 bits per heavy atom. The van der Waals surface area contributed by atoms with Gasteiger partial charge < -0.3 is 9.80 Å². The summed E-state index contributed by atoms with van der Waals surface area (Å²) in [6.07, 6.45) is 3.53. The highest BCUT2D eigenvalue weighted by atomic mass is 35.5. The van der Waals surface area contributed by atoms with E-state index in [2.05, 4.69) is 24.6 Å². The SMILES string of the molecule is CC(=O)N1CCN(c2nnc(-c3cccnc3)n2Cc2cccc(Cl)c2)CC1. The van der Waals surface area contributed by atoms with Gasteiger partial charge in [0.15, 0.2) is 5.82 Å². The van der Waals surface area contributed by atoms with Gasteiger partial charge in [0.25, 0.3) is 0 Å². The minimum atomic E-state index is 0.107. The lowest BCUT2D eigenvalue weighted by molar-refractivity contribution is -0.129. The highest BCUT2D eigenvalue weighted by Crippen LogP contribution is 2.25. The first-order valence-corrected chi connectivity index (χ1v) is 9.58. The molecular weight excluding hydrogens is 376 g/mol. The van der Waals surface area contributed by atoms with Crippen molar-refractivity contribution in [1.29, 1.82) is 0 Å².